The van der Waals surface area contributed by atoms with Crippen LogP contribution in [-0.2, 0) is 5.33 Å². The van der Waals surface area contributed by atoms with E-state index in [0.717, 1.165) is 5.33 Å². The lowest BCUT2D eigenvalue weighted by Crippen LogP contribution is -2.40. The van der Waals surface area contributed by atoms with E-state index in [1.165, 1.54) is 11.6 Å². The zero-order chi connectivity index (χ0) is 9.90. The molecule has 0 aromatic heterocycles. The summed E-state index contributed by atoms with van der Waals surface area (Å²) >= 11 is 3.46. The number of hydrogen-bond donors (Lipinski definition) is 0. The minimum Gasteiger partial charge on any atom is -0.0876 e. The second kappa shape index (κ2) is 4.42. The van der Waals surface area contributed by atoms with Crippen LogP contribution in [0.2, 0.25) is 19.1 Å². The number of rotatable bonds is 3. The van der Waals surface area contributed by atoms with E-state index in [1.54, 1.807) is 5.19 Å². The second-order valence-electron chi connectivity index (χ2n) is 4.07. The van der Waals surface area contributed by atoms with Gasteiger partial charge >= 0.3 is 0 Å². The van der Waals surface area contributed by atoms with Crippen LogP contribution in [0.15, 0.2) is 24.3 Å². The van der Waals surface area contributed by atoms with E-state index >= 15 is 0 Å². The minimum absolute atomic E-state index is 0.960. The molecule has 0 unspecified atom stereocenters. The Morgan fingerprint density at radius 1 is 1.15 bits per heavy atom. The van der Waals surface area contributed by atoms with E-state index in [9.17, 15) is 0 Å². The fourth-order valence-corrected chi connectivity index (χ4v) is 3.10. The maximum Gasteiger partial charge on any atom is 0.0803 e. The molecule has 0 bridgehead atoms. The molecule has 0 nitrogen and oxygen atoms in total. The van der Waals surface area contributed by atoms with Gasteiger partial charge in [0.25, 0.3) is 0 Å². The number of benzene rings is 1. The lowest BCUT2D eigenvalue weighted by molar-refractivity contribution is 1.37. The first-order chi connectivity index (χ1) is 6.10. The molecule has 0 amide bonds. The predicted molar refractivity (Wildman–Crippen MR) is 66.7 cm³/mol. The van der Waals surface area contributed by atoms with Gasteiger partial charge in [0.05, 0.1) is 8.07 Å². The topological polar surface area (TPSA) is 0 Å². The first-order valence-corrected chi connectivity index (χ1v) is 9.08. The molecular formula is C11H17BrSi. The van der Waals surface area contributed by atoms with Crippen molar-refractivity contribution in [1.82, 2.24) is 0 Å². The van der Waals surface area contributed by atoms with E-state index in [0.29, 0.717) is 0 Å². The molecular weight excluding hydrogens is 240 g/mol. The highest BCUT2D eigenvalue weighted by Gasteiger charge is 2.19. The van der Waals surface area contributed by atoms with Crippen LogP contribution < -0.4 is 5.19 Å². The number of alkyl halides is 1. The molecule has 0 saturated heterocycles. The SMILES string of the molecule is CC[Si](C)(C)c1ccc(CBr)cc1. The molecule has 1 aromatic carbocycles. The Hall–Kier alpha value is -0.0831. The molecule has 0 aliphatic carbocycles. The fraction of sp³-hybridized carbons (Fsp3) is 0.455. The molecule has 1 aromatic rings. The van der Waals surface area contributed by atoms with Crippen LogP contribution in [0, 0.1) is 0 Å². The summed E-state index contributed by atoms with van der Waals surface area (Å²) in [7, 11) is -1.10. The van der Waals surface area contributed by atoms with Crippen molar-refractivity contribution in [3.63, 3.8) is 0 Å². The van der Waals surface area contributed by atoms with Gasteiger partial charge in [0.15, 0.2) is 0 Å². The first-order valence-electron chi connectivity index (χ1n) is 4.75. The van der Waals surface area contributed by atoms with E-state index in [4.69, 9.17) is 0 Å². The molecule has 0 spiro atoms. The Kier molecular flexibility index (Phi) is 3.74. The summed E-state index contributed by atoms with van der Waals surface area (Å²) in [6, 6.07) is 10.4. The van der Waals surface area contributed by atoms with Gasteiger partial charge in [-0.25, -0.2) is 0 Å². The summed E-state index contributed by atoms with van der Waals surface area (Å²) in [4.78, 5) is 0. The molecule has 0 N–H and O–H groups in total. The lowest BCUT2D eigenvalue weighted by atomic mass is 10.2. The van der Waals surface area contributed by atoms with Crippen molar-refractivity contribution in [2.24, 2.45) is 0 Å². The van der Waals surface area contributed by atoms with Gasteiger partial charge in [0.1, 0.15) is 0 Å². The van der Waals surface area contributed by atoms with Gasteiger partial charge in [-0.05, 0) is 5.56 Å². The molecule has 0 atom stereocenters. The van der Waals surface area contributed by atoms with E-state index in [1.807, 2.05) is 0 Å². The molecule has 0 saturated carbocycles. The van der Waals surface area contributed by atoms with Crippen LogP contribution in [0.25, 0.3) is 0 Å². The molecule has 2 heteroatoms. The average Bonchev–Trinajstić information content (AvgIpc) is 2.18. The van der Waals surface area contributed by atoms with Crippen LogP contribution in [0.1, 0.15) is 12.5 Å². The Labute approximate surface area is 90.5 Å². The average molecular weight is 257 g/mol. The molecule has 0 aliphatic rings. The quantitative estimate of drug-likeness (QED) is 0.574. The van der Waals surface area contributed by atoms with Gasteiger partial charge in [-0.3, -0.25) is 0 Å². The monoisotopic (exact) mass is 256 g/mol. The van der Waals surface area contributed by atoms with Crippen molar-refractivity contribution in [2.45, 2.75) is 31.4 Å². The molecule has 1 rings (SSSR count). The maximum atomic E-state index is 3.46. The van der Waals surface area contributed by atoms with Gasteiger partial charge in [0.2, 0.25) is 0 Å². The van der Waals surface area contributed by atoms with Crippen LogP contribution in [-0.4, -0.2) is 8.07 Å². The Morgan fingerprint density at radius 3 is 2.08 bits per heavy atom. The van der Waals surface area contributed by atoms with Crippen molar-refractivity contribution in [1.29, 1.82) is 0 Å². The molecule has 72 valence electrons. The van der Waals surface area contributed by atoms with Gasteiger partial charge in [-0.2, -0.15) is 0 Å². The highest BCUT2D eigenvalue weighted by Crippen LogP contribution is 2.10. The van der Waals surface area contributed by atoms with Gasteiger partial charge in [-0.15, -0.1) is 0 Å². The molecule has 13 heavy (non-hydrogen) atoms. The van der Waals surface area contributed by atoms with E-state index in [-0.39, 0.29) is 0 Å². The standard InChI is InChI=1S/C11H17BrSi/c1-4-13(2,3)11-7-5-10(9-12)6-8-11/h5-8H,4,9H2,1-3H3. The largest absolute Gasteiger partial charge is 0.0876 e. The Morgan fingerprint density at radius 2 is 1.69 bits per heavy atom. The zero-order valence-electron chi connectivity index (χ0n) is 8.60. The summed E-state index contributed by atoms with van der Waals surface area (Å²) in [6.45, 7) is 7.15. The smallest absolute Gasteiger partial charge is 0.0803 e. The van der Waals surface area contributed by atoms with E-state index in [2.05, 4.69) is 60.2 Å². The van der Waals surface area contributed by atoms with Crippen LogP contribution in [0.5, 0.6) is 0 Å². The normalized spacial score (nSPS) is 11.7. The second-order valence-corrected chi connectivity index (χ2v) is 9.68. The van der Waals surface area contributed by atoms with Gasteiger partial charge in [-0.1, -0.05) is 71.4 Å². The molecule has 0 radical (unpaired) electrons. The van der Waals surface area contributed by atoms with Crippen molar-refractivity contribution in [3.05, 3.63) is 29.8 Å². The number of halogens is 1. The number of hydrogen-bond acceptors (Lipinski definition) is 0. The van der Waals surface area contributed by atoms with Crippen LogP contribution in [0.4, 0.5) is 0 Å². The van der Waals surface area contributed by atoms with Crippen molar-refractivity contribution >= 4 is 29.2 Å². The van der Waals surface area contributed by atoms with E-state index < -0.39 is 8.07 Å². The van der Waals surface area contributed by atoms with Crippen molar-refractivity contribution < 1.29 is 0 Å². The highest BCUT2D eigenvalue weighted by atomic mass is 79.9. The van der Waals surface area contributed by atoms with Crippen LogP contribution >= 0.6 is 15.9 Å². The van der Waals surface area contributed by atoms with Crippen molar-refractivity contribution in [2.75, 3.05) is 0 Å². The molecule has 0 aliphatic heterocycles. The Balaban J connectivity index is 2.92. The third kappa shape index (κ3) is 2.68. The minimum atomic E-state index is -1.10. The zero-order valence-corrected chi connectivity index (χ0v) is 11.2. The third-order valence-electron chi connectivity index (χ3n) is 2.77. The summed E-state index contributed by atoms with van der Waals surface area (Å²) < 4.78 is 0. The van der Waals surface area contributed by atoms with Crippen molar-refractivity contribution in [3.8, 4) is 0 Å². The van der Waals surface area contributed by atoms with Crippen LogP contribution in [0.3, 0.4) is 0 Å². The summed E-state index contributed by atoms with van der Waals surface area (Å²) in [5, 5.41) is 2.53. The maximum absolute atomic E-state index is 3.46. The summed E-state index contributed by atoms with van der Waals surface area (Å²) in [5.41, 5.74) is 1.37. The lowest BCUT2D eigenvalue weighted by Gasteiger charge is -2.20. The first kappa shape index (κ1) is 11.0. The summed E-state index contributed by atoms with van der Waals surface area (Å²) in [6.07, 6.45) is 0. The third-order valence-corrected chi connectivity index (χ3v) is 7.09. The highest BCUT2D eigenvalue weighted by molar-refractivity contribution is 9.08. The summed E-state index contributed by atoms with van der Waals surface area (Å²) in [5.74, 6) is 0. The molecule has 0 fully saturated rings. The predicted octanol–water partition coefficient (Wildman–Crippen LogP) is 3.52. The fourth-order valence-electron chi connectivity index (χ4n) is 1.25. The Bertz CT molecular complexity index is 264. The van der Waals surface area contributed by atoms with Gasteiger partial charge < -0.3 is 0 Å². The van der Waals surface area contributed by atoms with Gasteiger partial charge in [0, 0.05) is 5.33 Å². The molecule has 0 heterocycles.